The van der Waals surface area contributed by atoms with Crippen molar-refractivity contribution in [3.05, 3.63) is 0 Å². The summed E-state index contributed by atoms with van der Waals surface area (Å²) in [6.45, 7) is 8.55. The summed E-state index contributed by atoms with van der Waals surface area (Å²) in [4.78, 5) is 0. The fourth-order valence-corrected chi connectivity index (χ4v) is 1.84. The van der Waals surface area contributed by atoms with E-state index in [0.29, 0.717) is 0 Å². The third-order valence-electron chi connectivity index (χ3n) is 1.78. The highest BCUT2D eigenvalue weighted by Gasteiger charge is 2.12. The van der Waals surface area contributed by atoms with Gasteiger partial charge in [-0.2, -0.15) is 0 Å². The molecule has 0 heterocycles. The lowest BCUT2D eigenvalue weighted by Crippen LogP contribution is -2.25. The third kappa shape index (κ3) is 12.1. The zero-order valence-electron chi connectivity index (χ0n) is 9.56. The van der Waals surface area contributed by atoms with Crippen LogP contribution in [0.1, 0.15) is 25.7 Å². The van der Waals surface area contributed by atoms with E-state index >= 15 is 0 Å². The fraction of sp³-hybridized carbons (Fsp3) is 1.00. The van der Waals surface area contributed by atoms with Gasteiger partial charge >= 0.3 is 0 Å². The van der Waals surface area contributed by atoms with E-state index in [1.807, 2.05) is 0 Å². The van der Waals surface area contributed by atoms with Gasteiger partial charge in [0.25, 0.3) is 0 Å². The van der Waals surface area contributed by atoms with Crippen molar-refractivity contribution >= 4 is 8.32 Å². The molecule has 0 fully saturated rings. The first-order valence-electron chi connectivity index (χ1n) is 5.19. The van der Waals surface area contributed by atoms with Crippen LogP contribution in [0.5, 0.6) is 0 Å². The molecule has 2 nitrogen and oxygen atoms in total. The number of rotatable bonds is 8. The number of unbranched alkanes of at least 4 members (excludes halogenated alkanes) is 3. The molecule has 0 saturated carbocycles. The number of methoxy groups -OCH3 is 1. The van der Waals surface area contributed by atoms with Gasteiger partial charge < -0.3 is 9.16 Å². The van der Waals surface area contributed by atoms with Gasteiger partial charge in [-0.1, -0.05) is 12.8 Å². The third-order valence-corrected chi connectivity index (χ3v) is 2.85. The first kappa shape index (κ1) is 13.1. The molecule has 0 aliphatic rings. The molecule has 13 heavy (non-hydrogen) atoms. The molecule has 0 radical (unpaired) electrons. The molecule has 0 bridgehead atoms. The first-order chi connectivity index (χ1) is 6.06. The minimum atomic E-state index is -1.26. The molecular weight excluding hydrogens is 180 g/mol. The summed E-state index contributed by atoms with van der Waals surface area (Å²) < 4.78 is 10.7. The Kier molecular flexibility index (Phi) is 7.61. The van der Waals surface area contributed by atoms with Crippen molar-refractivity contribution in [3.8, 4) is 0 Å². The van der Waals surface area contributed by atoms with Crippen molar-refractivity contribution in [1.29, 1.82) is 0 Å². The SMILES string of the molecule is COCCCCCCO[Si](C)(C)C. The van der Waals surface area contributed by atoms with Crippen molar-refractivity contribution in [2.75, 3.05) is 20.3 Å². The normalized spacial score (nSPS) is 12.0. The van der Waals surface area contributed by atoms with E-state index in [2.05, 4.69) is 19.6 Å². The molecular formula is C10H24O2Si. The Hall–Kier alpha value is 0.137. The van der Waals surface area contributed by atoms with Crippen LogP contribution in [0, 0.1) is 0 Å². The Bertz CT molecular complexity index is 110. The maximum atomic E-state index is 5.74. The van der Waals surface area contributed by atoms with Crippen molar-refractivity contribution in [2.24, 2.45) is 0 Å². The van der Waals surface area contributed by atoms with Crippen LogP contribution in [0.25, 0.3) is 0 Å². The molecule has 0 unspecified atom stereocenters. The minimum Gasteiger partial charge on any atom is -0.418 e. The molecule has 0 aliphatic heterocycles. The summed E-state index contributed by atoms with van der Waals surface area (Å²) in [7, 11) is 0.501. The van der Waals surface area contributed by atoms with Crippen LogP contribution in [0.15, 0.2) is 0 Å². The topological polar surface area (TPSA) is 18.5 Å². The van der Waals surface area contributed by atoms with E-state index in [1.54, 1.807) is 7.11 Å². The van der Waals surface area contributed by atoms with E-state index in [1.165, 1.54) is 25.7 Å². The van der Waals surface area contributed by atoms with Crippen molar-refractivity contribution in [3.63, 3.8) is 0 Å². The summed E-state index contributed by atoms with van der Waals surface area (Å²) in [6, 6.07) is 0. The highest BCUT2D eigenvalue weighted by atomic mass is 28.4. The van der Waals surface area contributed by atoms with Gasteiger partial charge in [0.2, 0.25) is 0 Å². The fourth-order valence-electron chi connectivity index (χ4n) is 1.08. The Morgan fingerprint density at radius 2 is 1.38 bits per heavy atom. The monoisotopic (exact) mass is 204 g/mol. The van der Waals surface area contributed by atoms with Crippen molar-refractivity contribution in [2.45, 2.75) is 45.3 Å². The van der Waals surface area contributed by atoms with Gasteiger partial charge in [-0.25, -0.2) is 0 Å². The molecule has 0 saturated heterocycles. The molecule has 0 amide bonds. The van der Waals surface area contributed by atoms with E-state index < -0.39 is 8.32 Å². The van der Waals surface area contributed by atoms with Crippen LogP contribution in [0.3, 0.4) is 0 Å². The van der Waals surface area contributed by atoms with Gasteiger partial charge in [-0.05, 0) is 32.5 Å². The van der Waals surface area contributed by atoms with Gasteiger partial charge in [-0.15, -0.1) is 0 Å². The van der Waals surface area contributed by atoms with Gasteiger partial charge in [-0.3, -0.25) is 0 Å². The molecule has 0 aromatic heterocycles. The molecule has 3 heteroatoms. The van der Waals surface area contributed by atoms with Crippen LogP contribution in [0.2, 0.25) is 19.6 Å². The average molecular weight is 204 g/mol. The second-order valence-electron chi connectivity index (χ2n) is 4.37. The van der Waals surface area contributed by atoms with Crippen molar-refractivity contribution in [1.82, 2.24) is 0 Å². The largest absolute Gasteiger partial charge is 0.418 e. The summed E-state index contributed by atoms with van der Waals surface area (Å²) in [5, 5.41) is 0. The smallest absolute Gasteiger partial charge is 0.183 e. The highest BCUT2D eigenvalue weighted by Crippen LogP contribution is 2.06. The summed E-state index contributed by atoms with van der Waals surface area (Å²) in [5.74, 6) is 0. The summed E-state index contributed by atoms with van der Waals surface area (Å²) in [5.41, 5.74) is 0. The molecule has 0 aromatic rings. The maximum absolute atomic E-state index is 5.74. The quantitative estimate of drug-likeness (QED) is 0.447. The molecule has 0 atom stereocenters. The number of hydrogen-bond donors (Lipinski definition) is 0. The van der Waals surface area contributed by atoms with Gasteiger partial charge in [0.1, 0.15) is 0 Å². The lowest BCUT2D eigenvalue weighted by Gasteiger charge is -2.16. The molecule has 0 aromatic carbocycles. The molecule has 0 spiro atoms. The Labute approximate surface area is 83.8 Å². The van der Waals surface area contributed by atoms with Crippen LogP contribution in [0.4, 0.5) is 0 Å². The first-order valence-corrected chi connectivity index (χ1v) is 8.60. The second-order valence-corrected chi connectivity index (χ2v) is 8.88. The molecule has 0 aliphatic carbocycles. The van der Waals surface area contributed by atoms with Gasteiger partial charge in [0, 0.05) is 20.3 Å². The Morgan fingerprint density at radius 3 is 1.85 bits per heavy atom. The zero-order chi connectivity index (χ0) is 10.2. The number of ether oxygens (including phenoxy) is 1. The lowest BCUT2D eigenvalue weighted by molar-refractivity contribution is 0.191. The van der Waals surface area contributed by atoms with Crippen LogP contribution in [-0.2, 0) is 9.16 Å². The summed E-state index contributed by atoms with van der Waals surface area (Å²) >= 11 is 0. The van der Waals surface area contributed by atoms with Crippen LogP contribution >= 0.6 is 0 Å². The minimum absolute atomic E-state index is 0.898. The highest BCUT2D eigenvalue weighted by molar-refractivity contribution is 6.69. The number of hydrogen-bond acceptors (Lipinski definition) is 2. The predicted molar refractivity (Wildman–Crippen MR) is 59.6 cm³/mol. The van der Waals surface area contributed by atoms with Crippen molar-refractivity contribution < 1.29 is 9.16 Å². The van der Waals surface area contributed by atoms with Gasteiger partial charge in [0.15, 0.2) is 8.32 Å². The van der Waals surface area contributed by atoms with Crippen LogP contribution < -0.4 is 0 Å². The molecule has 80 valence electrons. The van der Waals surface area contributed by atoms with E-state index in [4.69, 9.17) is 9.16 Å². The van der Waals surface area contributed by atoms with Gasteiger partial charge in [0.05, 0.1) is 0 Å². The summed E-state index contributed by atoms with van der Waals surface area (Å²) in [6.07, 6.45) is 4.92. The van der Waals surface area contributed by atoms with Crippen LogP contribution in [-0.4, -0.2) is 28.6 Å². The molecule has 0 rings (SSSR count). The average Bonchev–Trinajstić information content (AvgIpc) is 2.01. The van der Waals surface area contributed by atoms with E-state index in [-0.39, 0.29) is 0 Å². The van der Waals surface area contributed by atoms with E-state index in [0.717, 1.165) is 13.2 Å². The Morgan fingerprint density at radius 1 is 0.846 bits per heavy atom. The lowest BCUT2D eigenvalue weighted by atomic mass is 10.2. The molecule has 0 N–H and O–H groups in total. The Balaban J connectivity index is 3.00. The zero-order valence-corrected chi connectivity index (χ0v) is 10.6. The van der Waals surface area contributed by atoms with E-state index in [9.17, 15) is 0 Å². The second kappa shape index (κ2) is 7.53. The predicted octanol–water partition coefficient (Wildman–Crippen LogP) is 3.04. The standard InChI is InChI=1S/C10H24O2Si/c1-11-9-7-5-6-8-10-12-13(2,3)4/h5-10H2,1-4H3. The maximum Gasteiger partial charge on any atom is 0.183 e.